The molecule has 17 heavy (non-hydrogen) atoms. The van der Waals surface area contributed by atoms with E-state index in [9.17, 15) is 10.2 Å². The highest BCUT2D eigenvalue weighted by Crippen LogP contribution is 2.51. The predicted octanol–water partition coefficient (Wildman–Crippen LogP) is 1.63. The fourth-order valence-electron chi connectivity index (χ4n) is 3.04. The van der Waals surface area contributed by atoms with Crippen molar-refractivity contribution in [3.63, 3.8) is 0 Å². The van der Waals surface area contributed by atoms with E-state index in [0.29, 0.717) is 19.3 Å². The van der Waals surface area contributed by atoms with Crippen LogP contribution in [-0.2, 0) is 0 Å². The number of aliphatic hydroxyl groups is 2. The Morgan fingerprint density at radius 1 is 0.882 bits per heavy atom. The van der Waals surface area contributed by atoms with Gasteiger partial charge in [-0.05, 0) is 38.2 Å². The molecule has 0 bridgehead atoms. The molecule has 1 saturated carbocycles. The third-order valence-electron chi connectivity index (χ3n) is 4.35. The summed E-state index contributed by atoms with van der Waals surface area (Å²) in [4.78, 5) is 0. The highest BCUT2D eigenvalue weighted by atomic mass is 16.3. The van der Waals surface area contributed by atoms with E-state index in [0.717, 1.165) is 19.3 Å². The Labute approximate surface area is 103 Å². The van der Waals surface area contributed by atoms with Crippen molar-refractivity contribution in [2.24, 2.45) is 5.41 Å². The fourth-order valence-corrected chi connectivity index (χ4v) is 3.04. The lowest BCUT2D eigenvalue weighted by Gasteiger charge is -2.49. The van der Waals surface area contributed by atoms with Crippen molar-refractivity contribution >= 4 is 0 Å². The van der Waals surface area contributed by atoms with Gasteiger partial charge in [-0.3, -0.25) is 0 Å². The van der Waals surface area contributed by atoms with Crippen LogP contribution in [0, 0.1) is 30.1 Å². The molecule has 2 aliphatic rings. The molecule has 3 atom stereocenters. The van der Waals surface area contributed by atoms with Crippen molar-refractivity contribution in [3.05, 3.63) is 12.2 Å². The summed E-state index contributed by atoms with van der Waals surface area (Å²) < 4.78 is 0. The standard InChI is InChI=1S/C15H18O2/c1-3-14(16)11-9-13(10-12-14)7-5-6-8-15(13,17)4-2/h1-2,9,11,16-17H,5-8,10,12H2. The maximum Gasteiger partial charge on any atom is 0.143 e. The Bertz CT molecular complexity index is 425. The average molecular weight is 230 g/mol. The summed E-state index contributed by atoms with van der Waals surface area (Å²) in [5, 5.41) is 20.6. The smallest absolute Gasteiger partial charge is 0.143 e. The molecular formula is C15H18O2. The molecule has 2 heteroatoms. The first-order valence-corrected chi connectivity index (χ1v) is 6.10. The van der Waals surface area contributed by atoms with Crippen LogP contribution in [0.15, 0.2) is 12.2 Å². The van der Waals surface area contributed by atoms with Crippen molar-refractivity contribution in [1.29, 1.82) is 0 Å². The molecule has 1 spiro atoms. The molecular weight excluding hydrogens is 212 g/mol. The predicted molar refractivity (Wildman–Crippen MR) is 66.8 cm³/mol. The topological polar surface area (TPSA) is 40.5 Å². The summed E-state index contributed by atoms with van der Waals surface area (Å²) in [5.74, 6) is 4.94. The van der Waals surface area contributed by atoms with Gasteiger partial charge < -0.3 is 10.2 Å². The van der Waals surface area contributed by atoms with Crippen molar-refractivity contribution in [1.82, 2.24) is 0 Å². The Morgan fingerprint density at radius 3 is 2.12 bits per heavy atom. The highest BCUT2D eigenvalue weighted by Gasteiger charge is 2.51. The van der Waals surface area contributed by atoms with Gasteiger partial charge >= 0.3 is 0 Å². The van der Waals surface area contributed by atoms with Crippen molar-refractivity contribution in [2.45, 2.75) is 49.7 Å². The van der Waals surface area contributed by atoms with Gasteiger partial charge in [0.1, 0.15) is 11.2 Å². The van der Waals surface area contributed by atoms with Gasteiger partial charge in [-0.15, -0.1) is 12.8 Å². The lowest BCUT2D eigenvalue weighted by Crippen LogP contribution is -2.51. The summed E-state index contributed by atoms with van der Waals surface area (Å²) >= 11 is 0. The van der Waals surface area contributed by atoms with Gasteiger partial charge in [0.15, 0.2) is 0 Å². The minimum Gasteiger partial charge on any atom is -0.377 e. The van der Waals surface area contributed by atoms with Gasteiger partial charge in [-0.25, -0.2) is 0 Å². The van der Waals surface area contributed by atoms with Crippen molar-refractivity contribution in [3.8, 4) is 24.7 Å². The van der Waals surface area contributed by atoms with Crippen molar-refractivity contribution < 1.29 is 10.2 Å². The minimum absolute atomic E-state index is 0.400. The largest absolute Gasteiger partial charge is 0.377 e. The van der Waals surface area contributed by atoms with E-state index >= 15 is 0 Å². The maximum atomic E-state index is 10.6. The van der Waals surface area contributed by atoms with E-state index in [1.165, 1.54) is 0 Å². The molecule has 0 aliphatic heterocycles. The van der Waals surface area contributed by atoms with Crippen LogP contribution in [0.1, 0.15) is 38.5 Å². The van der Waals surface area contributed by atoms with Gasteiger partial charge in [-0.1, -0.05) is 24.3 Å². The molecule has 2 aliphatic carbocycles. The molecule has 2 nitrogen and oxygen atoms in total. The van der Waals surface area contributed by atoms with E-state index in [2.05, 4.69) is 11.8 Å². The van der Waals surface area contributed by atoms with Gasteiger partial charge in [0.2, 0.25) is 0 Å². The zero-order chi connectivity index (χ0) is 12.6. The molecule has 90 valence electrons. The average Bonchev–Trinajstić information content (AvgIpc) is 2.37. The van der Waals surface area contributed by atoms with E-state index in [4.69, 9.17) is 12.8 Å². The van der Waals surface area contributed by atoms with Crippen LogP contribution in [0.25, 0.3) is 0 Å². The quantitative estimate of drug-likeness (QED) is 0.490. The van der Waals surface area contributed by atoms with E-state index in [1.807, 2.05) is 6.08 Å². The Balaban J connectivity index is 2.36. The Hall–Kier alpha value is -1.22. The van der Waals surface area contributed by atoms with Gasteiger partial charge in [0.05, 0.1) is 0 Å². The van der Waals surface area contributed by atoms with E-state index in [-0.39, 0.29) is 0 Å². The first-order valence-electron chi connectivity index (χ1n) is 6.10. The van der Waals surface area contributed by atoms with Crippen LogP contribution >= 0.6 is 0 Å². The van der Waals surface area contributed by atoms with Crippen LogP contribution in [0.3, 0.4) is 0 Å². The summed E-state index contributed by atoms with van der Waals surface area (Å²) in [5.41, 5.74) is -2.65. The van der Waals surface area contributed by atoms with E-state index in [1.54, 1.807) is 6.08 Å². The lowest BCUT2D eigenvalue weighted by atomic mass is 9.58. The normalized spacial score (nSPS) is 45.2. The summed E-state index contributed by atoms with van der Waals surface area (Å²) in [6.45, 7) is 0. The van der Waals surface area contributed by atoms with Crippen LogP contribution in [0.5, 0.6) is 0 Å². The molecule has 0 saturated heterocycles. The molecule has 3 unspecified atom stereocenters. The summed E-state index contributed by atoms with van der Waals surface area (Å²) in [6.07, 6.45) is 18.9. The second kappa shape index (κ2) is 3.91. The van der Waals surface area contributed by atoms with Crippen LogP contribution in [0.4, 0.5) is 0 Å². The molecule has 0 heterocycles. The molecule has 0 aromatic heterocycles. The lowest BCUT2D eigenvalue weighted by molar-refractivity contribution is -0.0586. The summed E-state index contributed by atoms with van der Waals surface area (Å²) in [6, 6.07) is 0. The molecule has 0 aromatic carbocycles. The molecule has 0 aromatic rings. The second-order valence-electron chi connectivity index (χ2n) is 5.27. The first-order chi connectivity index (χ1) is 7.99. The highest BCUT2D eigenvalue weighted by molar-refractivity contribution is 5.31. The second-order valence-corrected chi connectivity index (χ2v) is 5.27. The molecule has 0 radical (unpaired) electrons. The third-order valence-corrected chi connectivity index (χ3v) is 4.35. The van der Waals surface area contributed by atoms with Gasteiger partial charge in [0.25, 0.3) is 0 Å². The Morgan fingerprint density at radius 2 is 1.59 bits per heavy atom. The monoisotopic (exact) mass is 230 g/mol. The van der Waals surface area contributed by atoms with E-state index < -0.39 is 16.6 Å². The number of hydrogen-bond acceptors (Lipinski definition) is 2. The zero-order valence-corrected chi connectivity index (χ0v) is 9.95. The summed E-state index contributed by atoms with van der Waals surface area (Å²) in [7, 11) is 0. The minimum atomic E-state index is -1.17. The number of terminal acetylenes is 2. The third kappa shape index (κ3) is 1.78. The Kier molecular flexibility index (Phi) is 2.82. The molecule has 2 rings (SSSR count). The van der Waals surface area contributed by atoms with Crippen LogP contribution in [0.2, 0.25) is 0 Å². The SMILES string of the molecule is C#CC1(O)C=CC2(CCCCC2(O)C#C)CC1. The maximum absolute atomic E-state index is 10.6. The number of rotatable bonds is 0. The fraction of sp³-hybridized carbons (Fsp3) is 0.600. The zero-order valence-electron chi connectivity index (χ0n) is 9.95. The van der Waals surface area contributed by atoms with Crippen LogP contribution in [-0.4, -0.2) is 21.4 Å². The first kappa shape index (κ1) is 12.2. The number of hydrogen-bond donors (Lipinski definition) is 2. The molecule has 1 fully saturated rings. The van der Waals surface area contributed by atoms with Crippen LogP contribution < -0.4 is 0 Å². The van der Waals surface area contributed by atoms with Gasteiger partial charge in [-0.2, -0.15) is 0 Å². The van der Waals surface area contributed by atoms with Gasteiger partial charge in [0, 0.05) is 5.41 Å². The van der Waals surface area contributed by atoms with Crippen molar-refractivity contribution in [2.75, 3.05) is 0 Å². The molecule has 0 amide bonds. The molecule has 2 N–H and O–H groups in total.